The lowest BCUT2D eigenvalue weighted by Crippen LogP contribution is -2.32. The highest BCUT2D eigenvalue weighted by Gasteiger charge is 2.23. The van der Waals surface area contributed by atoms with E-state index in [1.807, 2.05) is 14.1 Å². The van der Waals surface area contributed by atoms with Crippen molar-refractivity contribution in [2.75, 3.05) is 27.7 Å². The smallest absolute Gasteiger partial charge is 0.126 e. The van der Waals surface area contributed by atoms with E-state index in [0.717, 1.165) is 18.7 Å². The summed E-state index contributed by atoms with van der Waals surface area (Å²) in [5.74, 6) is 1.56. The minimum absolute atomic E-state index is 0.311. The van der Waals surface area contributed by atoms with Crippen molar-refractivity contribution in [3.8, 4) is 5.75 Å². The SMILES string of the molecule is CCC(CNC)C(NC)c1cc(C)cc(C)c1OC. The molecule has 2 atom stereocenters. The molecule has 0 aromatic heterocycles. The van der Waals surface area contributed by atoms with Gasteiger partial charge in [0.1, 0.15) is 5.75 Å². The van der Waals surface area contributed by atoms with E-state index in [9.17, 15) is 0 Å². The van der Waals surface area contributed by atoms with E-state index < -0.39 is 0 Å². The van der Waals surface area contributed by atoms with Gasteiger partial charge in [0.2, 0.25) is 0 Å². The Balaban J connectivity index is 3.23. The number of hydrogen-bond donors (Lipinski definition) is 2. The van der Waals surface area contributed by atoms with Crippen LogP contribution in [-0.2, 0) is 0 Å². The van der Waals surface area contributed by atoms with Crippen LogP contribution in [0.1, 0.15) is 36.1 Å². The Morgan fingerprint density at radius 1 is 1.21 bits per heavy atom. The summed E-state index contributed by atoms with van der Waals surface area (Å²) in [5.41, 5.74) is 3.76. The van der Waals surface area contributed by atoms with E-state index in [2.05, 4.69) is 43.5 Å². The topological polar surface area (TPSA) is 33.3 Å². The van der Waals surface area contributed by atoms with Crippen molar-refractivity contribution in [3.63, 3.8) is 0 Å². The van der Waals surface area contributed by atoms with E-state index in [0.29, 0.717) is 12.0 Å². The molecule has 1 rings (SSSR count). The molecular weight excluding hydrogens is 236 g/mol. The van der Waals surface area contributed by atoms with Gasteiger partial charge in [0, 0.05) is 11.6 Å². The lowest BCUT2D eigenvalue weighted by molar-refractivity contribution is 0.339. The van der Waals surface area contributed by atoms with Gasteiger partial charge in [0.25, 0.3) is 0 Å². The molecule has 2 unspecified atom stereocenters. The lowest BCUT2D eigenvalue weighted by atomic mass is 9.88. The predicted molar refractivity (Wildman–Crippen MR) is 82.0 cm³/mol. The second kappa shape index (κ2) is 7.51. The Labute approximate surface area is 117 Å². The maximum Gasteiger partial charge on any atom is 0.126 e. The van der Waals surface area contributed by atoms with Gasteiger partial charge in [0.05, 0.1) is 7.11 Å². The minimum atomic E-state index is 0.311. The number of aryl methyl sites for hydroxylation is 2. The molecule has 0 aliphatic heterocycles. The average molecular weight is 264 g/mol. The predicted octanol–water partition coefficient (Wildman–Crippen LogP) is 2.82. The monoisotopic (exact) mass is 264 g/mol. The largest absolute Gasteiger partial charge is 0.496 e. The number of rotatable bonds is 7. The maximum absolute atomic E-state index is 5.63. The van der Waals surface area contributed by atoms with Crippen molar-refractivity contribution in [1.29, 1.82) is 0 Å². The molecule has 0 radical (unpaired) electrons. The van der Waals surface area contributed by atoms with Gasteiger partial charge >= 0.3 is 0 Å². The van der Waals surface area contributed by atoms with Gasteiger partial charge in [-0.3, -0.25) is 0 Å². The molecule has 3 heteroatoms. The van der Waals surface area contributed by atoms with Gasteiger partial charge < -0.3 is 15.4 Å². The molecule has 0 aliphatic rings. The molecule has 0 saturated heterocycles. The fourth-order valence-electron chi connectivity index (χ4n) is 2.90. The molecule has 0 amide bonds. The van der Waals surface area contributed by atoms with Gasteiger partial charge in [-0.05, 0) is 46.0 Å². The Morgan fingerprint density at radius 2 is 1.89 bits per heavy atom. The van der Waals surface area contributed by atoms with E-state index in [4.69, 9.17) is 4.74 Å². The van der Waals surface area contributed by atoms with Crippen molar-refractivity contribution >= 4 is 0 Å². The van der Waals surface area contributed by atoms with Crippen molar-refractivity contribution in [2.24, 2.45) is 5.92 Å². The first-order valence-electron chi connectivity index (χ1n) is 7.05. The zero-order valence-corrected chi connectivity index (χ0v) is 13.1. The highest BCUT2D eigenvalue weighted by molar-refractivity contribution is 5.45. The van der Waals surface area contributed by atoms with Crippen LogP contribution >= 0.6 is 0 Å². The summed E-state index contributed by atoms with van der Waals surface area (Å²) in [5, 5.41) is 6.75. The summed E-state index contributed by atoms with van der Waals surface area (Å²) >= 11 is 0. The molecule has 2 N–H and O–H groups in total. The minimum Gasteiger partial charge on any atom is -0.496 e. The second-order valence-corrected chi connectivity index (χ2v) is 5.20. The van der Waals surface area contributed by atoms with Crippen LogP contribution in [0, 0.1) is 19.8 Å². The molecule has 0 bridgehead atoms. The molecule has 0 spiro atoms. The molecule has 19 heavy (non-hydrogen) atoms. The van der Waals surface area contributed by atoms with Crippen molar-refractivity contribution < 1.29 is 4.74 Å². The van der Waals surface area contributed by atoms with Crippen LogP contribution in [0.25, 0.3) is 0 Å². The highest BCUT2D eigenvalue weighted by Crippen LogP contribution is 2.34. The molecule has 108 valence electrons. The number of benzene rings is 1. The zero-order chi connectivity index (χ0) is 14.4. The summed E-state index contributed by atoms with van der Waals surface area (Å²) in [4.78, 5) is 0. The van der Waals surface area contributed by atoms with Crippen LogP contribution in [0.5, 0.6) is 5.75 Å². The van der Waals surface area contributed by atoms with Crippen LogP contribution in [-0.4, -0.2) is 27.7 Å². The first-order valence-corrected chi connectivity index (χ1v) is 7.05. The van der Waals surface area contributed by atoms with E-state index in [1.54, 1.807) is 7.11 Å². The van der Waals surface area contributed by atoms with E-state index in [1.165, 1.54) is 16.7 Å². The normalized spacial score (nSPS) is 14.2. The third kappa shape index (κ3) is 3.71. The summed E-state index contributed by atoms with van der Waals surface area (Å²) in [7, 11) is 5.79. The molecule has 0 heterocycles. The van der Waals surface area contributed by atoms with E-state index >= 15 is 0 Å². The van der Waals surface area contributed by atoms with Crippen LogP contribution < -0.4 is 15.4 Å². The summed E-state index contributed by atoms with van der Waals surface area (Å²) in [6.45, 7) is 7.49. The number of hydrogen-bond acceptors (Lipinski definition) is 3. The summed E-state index contributed by atoms with van der Waals surface area (Å²) in [6.07, 6.45) is 1.13. The van der Waals surface area contributed by atoms with Gasteiger partial charge in [-0.15, -0.1) is 0 Å². The molecule has 3 nitrogen and oxygen atoms in total. The van der Waals surface area contributed by atoms with Crippen LogP contribution in [0.3, 0.4) is 0 Å². The van der Waals surface area contributed by atoms with Gasteiger partial charge in [-0.25, -0.2) is 0 Å². The van der Waals surface area contributed by atoms with Crippen LogP contribution in [0.15, 0.2) is 12.1 Å². The third-order valence-corrected chi connectivity index (χ3v) is 3.76. The Hall–Kier alpha value is -1.06. The lowest BCUT2D eigenvalue weighted by Gasteiger charge is -2.28. The van der Waals surface area contributed by atoms with Crippen LogP contribution in [0.2, 0.25) is 0 Å². The molecule has 0 saturated carbocycles. The Kier molecular flexibility index (Phi) is 6.32. The maximum atomic E-state index is 5.63. The van der Waals surface area contributed by atoms with Crippen molar-refractivity contribution in [3.05, 3.63) is 28.8 Å². The quantitative estimate of drug-likeness (QED) is 0.794. The molecule has 0 aliphatic carbocycles. The molecule has 1 aromatic carbocycles. The first-order chi connectivity index (χ1) is 9.08. The fourth-order valence-corrected chi connectivity index (χ4v) is 2.90. The van der Waals surface area contributed by atoms with E-state index in [-0.39, 0.29) is 0 Å². The number of nitrogens with one attached hydrogen (secondary N) is 2. The molecule has 0 fully saturated rings. The van der Waals surface area contributed by atoms with Gasteiger partial charge in [-0.2, -0.15) is 0 Å². The highest BCUT2D eigenvalue weighted by atomic mass is 16.5. The first kappa shape index (κ1) is 16.0. The van der Waals surface area contributed by atoms with Gasteiger partial charge in [-0.1, -0.05) is 31.0 Å². The van der Waals surface area contributed by atoms with Gasteiger partial charge in [0.15, 0.2) is 0 Å². The third-order valence-electron chi connectivity index (χ3n) is 3.76. The molecular formula is C16H28N2O. The Bertz CT molecular complexity index is 404. The van der Waals surface area contributed by atoms with Crippen molar-refractivity contribution in [1.82, 2.24) is 10.6 Å². The summed E-state index contributed by atoms with van der Waals surface area (Å²) in [6, 6.07) is 4.73. The zero-order valence-electron chi connectivity index (χ0n) is 13.1. The second-order valence-electron chi connectivity index (χ2n) is 5.20. The number of ether oxygens (including phenoxy) is 1. The average Bonchev–Trinajstić information content (AvgIpc) is 2.38. The number of methoxy groups -OCH3 is 1. The van der Waals surface area contributed by atoms with Crippen LogP contribution in [0.4, 0.5) is 0 Å². The standard InChI is InChI=1S/C16H28N2O/c1-7-13(10-17-4)15(18-5)14-9-11(2)8-12(3)16(14)19-6/h8-9,13,15,17-18H,7,10H2,1-6H3. The fraction of sp³-hybridized carbons (Fsp3) is 0.625. The summed E-state index contributed by atoms with van der Waals surface area (Å²) < 4.78 is 5.63. The van der Waals surface area contributed by atoms with Crippen molar-refractivity contribution in [2.45, 2.75) is 33.2 Å². The Morgan fingerprint density at radius 3 is 2.37 bits per heavy atom. The molecule has 1 aromatic rings.